The lowest BCUT2D eigenvalue weighted by atomic mass is 10.1. The maximum atomic E-state index is 13.3. The van der Waals surface area contributed by atoms with Crippen LogP contribution < -0.4 is 5.32 Å². The van der Waals surface area contributed by atoms with Crippen molar-refractivity contribution in [3.05, 3.63) is 41.2 Å². The Labute approximate surface area is 87.2 Å². The van der Waals surface area contributed by atoms with E-state index in [9.17, 15) is 9.18 Å². The standard InChI is InChI=1S/C11H12FNO2/c1-13-7-3-5-8-9(11(14)15)4-2-6-10(8)12/h2-6,13H,7H2,1H3,(H,14,15). The van der Waals surface area contributed by atoms with Crippen LogP contribution in [0.15, 0.2) is 24.3 Å². The van der Waals surface area contributed by atoms with E-state index in [0.717, 1.165) is 0 Å². The third-order valence-electron chi connectivity index (χ3n) is 1.89. The SMILES string of the molecule is CNCC=Cc1c(F)cccc1C(=O)O. The summed E-state index contributed by atoms with van der Waals surface area (Å²) < 4.78 is 13.3. The lowest BCUT2D eigenvalue weighted by molar-refractivity contribution is 0.0696. The molecule has 0 aromatic heterocycles. The molecule has 3 nitrogen and oxygen atoms in total. The number of carbonyl (C=O) groups is 1. The molecule has 0 heterocycles. The third kappa shape index (κ3) is 2.89. The summed E-state index contributed by atoms with van der Waals surface area (Å²) in [7, 11) is 1.75. The van der Waals surface area contributed by atoms with Gasteiger partial charge < -0.3 is 10.4 Å². The van der Waals surface area contributed by atoms with Crippen molar-refractivity contribution in [2.75, 3.05) is 13.6 Å². The van der Waals surface area contributed by atoms with E-state index in [4.69, 9.17) is 5.11 Å². The molecular weight excluding hydrogens is 197 g/mol. The van der Waals surface area contributed by atoms with Crippen LogP contribution in [0.5, 0.6) is 0 Å². The highest BCUT2D eigenvalue weighted by molar-refractivity contribution is 5.92. The molecule has 0 fully saturated rings. The van der Waals surface area contributed by atoms with Crippen molar-refractivity contribution in [1.29, 1.82) is 0 Å². The van der Waals surface area contributed by atoms with Crippen LogP contribution in [-0.2, 0) is 0 Å². The summed E-state index contributed by atoms with van der Waals surface area (Å²) in [6, 6.07) is 4.00. The summed E-state index contributed by atoms with van der Waals surface area (Å²) in [5, 5.41) is 11.7. The number of hydrogen-bond acceptors (Lipinski definition) is 2. The van der Waals surface area contributed by atoms with Gasteiger partial charge in [0.1, 0.15) is 5.82 Å². The molecule has 1 aromatic carbocycles. The van der Waals surface area contributed by atoms with Crippen molar-refractivity contribution >= 4 is 12.0 Å². The Morgan fingerprint density at radius 1 is 1.60 bits per heavy atom. The Hall–Kier alpha value is -1.68. The molecule has 0 spiro atoms. The second-order valence-corrected chi connectivity index (χ2v) is 2.97. The average Bonchev–Trinajstić information content (AvgIpc) is 2.20. The number of likely N-dealkylation sites (N-methyl/N-ethyl adjacent to an activating group) is 1. The quantitative estimate of drug-likeness (QED) is 0.794. The molecule has 1 rings (SSSR count). The first kappa shape index (κ1) is 11.4. The van der Waals surface area contributed by atoms with Crippen molar-refractivity contribution in [2.45, 2.75) is 0 Å². The van der Waals surface area contributed by atoms with Gasteiger partial charge in [-0.25, -0.2) is 9.18 Å². The fraction of sp³-hybridized carbons (Fsp3) is 0.182. The van der Waals surface area contributed by atoms with Crippen LogP contribution in [0.1, 0.15) is 15.9 Å². The molecule has 0 saturated carbocycles. The molecule has 80 valence electrons. The van der Waals surface area contributed by atoms with Gasteiger partial charge in [-0.2, -0.15) is 0 Å². The molecule has 0 aliphatic heterocycles. The minimum absolute atomic E-state index is 0.0256. The number of nitrogens with one attached hydrogen (secondary N) is 1. The molecule has 2 N–H and O–H groups in total. The average molecular weight is 209 g/mol. The van der Waals surface area contributed by atoms with E-state index >= 15 is 0 Å². The predicted octanol–water partition coefficient (Wildman–Crippen LogP) is 1.76. The van der Waals surface area contributed by atoms with E-state index < -0.39 is 11.8 Å². The van der Waals surface area contributed by atoms with Crippen LogP contribution in [0.3, 0.4) is 0 Å². The Morgan fingerprint density at radius 2 is 2.33 bits per heavy atom. The molecule has 15 heavy (non-hydrogen) atoms. The van der Waals surface area contributed by atoms with Crippen LogP contribution in [0, 0.1) is 5.82 Å². The number of rotatable bonds is 4. The Balaban J connectivity index is 3.07. The molecule has 0 amide bonds. The molecule has 4 heteroatoms. The third-order valence-corrected chi connectivity index (χ3v) is 1.89. The molecule has 0 unspecified atom stereocenters. The molecule has 0 aliphatic carbocycles. The highest BCUT2D eigenvalue weighted by Gasteiger charge is 2.10. The van der Waals surface area contributed by atoms with Gasteiger partial charge in [0, 0.05) is 12.1 Å². The van der Waals surface area contributed by atoms with Gasteiger partial charge in [-0.15, -0.1) is 0 Å². The molecule has 0 atom stereocenters. The van der Waals surface area contributed by atoms with Gasteiger partial charge in [-0.3, -0.25) is 0 Å². The fourth-order valence-corrected chi connectivity index (χ4v) is 1.19. The number of carboxylic acids is 1. The first-order valence-corrected chi connectivity index (χ1v) is 4.49. The summed E-state index contributed by atoms with van der Waals surface area (Å²) in [5.41, 5.74) is 0.0857. The van der Waals surface area contributed by atoms with E-state index in [1.807, 2.05) is 0 Å². The Morgan fingerprint density at radius 3 is 2.93 bits per heavy atom. The second-order valence-electron chi connectivity index (χ2n) is 2.97. The van der Waals surface area contributed by atoms with Crippen LogP contribution >= 0.6 is 0 Å². The van der Waals surface area contributed by atoms with Crippen molar-refractivity contribution in [2.24, 2.45) is 0 Å². The minimum Gasteiger partial charge on any atom is -0.478 e. The highest BCUT2D eigenvalue weighted by atomic mass is 19.1. The normalized spacial score (nSPS) is 10.8. The van der Waals surface area contributed by atoms with Crippen molar-refractivity contribution in [3.63, 3.8) is 0 Å². The van der Waals surface area contributed by atoms with Gasteiger partial charge in [0.05, 0.1) is 5.56 Å². The Kier molecular flexibility index (Phi) is 4.00. The monoisotopic (exact) mass is 209 g/mol. The van der Waals surface area contributed by atoms with Gasteiger partial charge in [0.2, 0.25) is 0 Å². The number of benzene rings is 1. The largest absolute Gasteiger partial charge is 0.478 e. The number of hydrogen-bond donors (Lipinski definition) is 2. The van der Waals surface area contributed by atoms with Gasteiger partial charge >= 0.3 is 5.97 Å². The van der Waals surface area contributed by atoms with E-state index in [1.165, 1.54) is 24.3 Å². The van der Waals surface area contributed by atoms with E-state index in [-0.39, 0.29) is 11.1 Å². The van der Waals surface area contributed by atoms with Gasteiger partial charge in [-0.1, -0.05) is 18.2 Å². The number of aromatic carboxylic acids is 1. The van der Waals surface area contributed by atoms with Crippen LogP contribution in [0.4, 0.5) is 4.39 Å². The van der Waals surface area contributed by atoms with Crippen LogP contribution in [0.2, 0.25) is 0 Å². The summed E-state index contributed by atoms with van der Waals surface area (Å²) in [5.74, 6) is -1.65. The zero-order valence-electron chi connectivity index (χ0n) is 8.33. The predicted molar refractivity (Wildman–Crippen MR) is 56.3 cm³/mol. The van der Waals surface area contributed by atoms with Crippen molar-refractivity contribution in [1.82, 2.24) is 5.32 Å². The molecule has 0 saturated heterocycles. The van der Waals surface area contributed by atoms with Gasteiger partial charge in [0.25, 0.3) is 0 Å². The fourth-order valence-electron chi connectivity index (χ4n) is 1.19. The minimum atomic E-state index is -1.13. The molecule has 1 aromatic rings. The zero-order valence-corrected chi connectivity index (χ0v) is 8.33. The first-order chi connectivity index (χ1) is 7.16. The summed E-state index contributed by atoms with van der Waals surface area (Å²) in [4.78, 5) is 10.8. The van der Waals surface area contributed by atoms with Crippen LogP contribution in [0.25, 0.3) is 6.08 Å². The topological polar surface area (TPSA) is 49.3 Å². The second kappa shape index (κ2) is 5.26. The van der Waals surface area contributed by atoms with E-state index in [0.29, 0.717) is 6.54 Å². The van der Waals surface area contributed by atoms with Gasteiger partial charge in [0.15, 0.2) is 0 Å². The maximum Gasteiger partial charge on any atom is 0.336 e. The molecular formula is C11H12FNO2. The lowest BCUT2D eigenvalue weighted by Gasteiger charge is -2.02. The lowest BCUT2D eigenvalue weighted by Crippen LogP contribution is -2.05. The molecule has 0 radical (unpaired) electrons. The zero-order chi connectivity index (χ0) is 11.3. The summed E-state index contributed by atoms with van der Waals surface area (Å²) >= 11 is 0. The van der Waals surface area contributed by atoms with Crippen molar-refractivity contribution in [3.8, 4) is 0 Å². The number of carboxylic acid groups (broad SMARTS) is 1. The van der Waals surface area contributed by atoms with E-state index in [1.54, 1.807) is 13.1 Å². The summed E-state index contributed by atoms with van der Waals surface area (Å²) in [6.07, 6.45) is 3.14. The van der Waals surface area contributed by atoms with E-state index in [2.05, 4.69) is 5.32 Å². The molecule has 0 aliphatic rings. The summed E-state index contributed by atoms with van der Waals surface area (Å²) in [6.45, 7) is 0.563. The smallest absolute Gasteiger partial charge is 0.336 e. The first-order valence-electron chi connectivity index (χ1n) is 4.49. The Bertz CT molecular complexity index is 388. The maximum absolute atomic E-state index is 13.3. The number of halogens is 1. The van der Waals surface area contributed by atoms with Gasteiger partial charge in [-0.05, 0) is 19.2 Å². The van der Waals surface area contributed by atoms with Crippen molar-refractivity contribution < 1.29 is 14.3 Å². The van der Waals surface area contributed by atoms with Crippen LogP contribution in [-0.4, -0.2) is 24.7 Å². The highest BCUT2D eigenvalue weighted by Crippen LogP contribution is 2.15. The molecule has 0 bridgehead atoms.